The Morgan fingerprint density at radius 1 is 1.50 bits per heavy atom. The molecule has 1 aliphatic heterocycles. The summed E-state index contributed by atoms with van der Waals surface area (Å²) >= 11 is 0. The Bertz CT molecular complexity index is 571. The van der Waals surface area contributed by atoms with E-state index in [0.29, 0.717) is 12.5 Å². The van der Waals surface area contributed by atoms with Crippen molar-refractivity contribution in [2.45, 2.75) is 19.6 Å². The molecule has 2 unspecified atom stereocenters. The number of hydrogen-bond donors (Lipinski definition) is 3. The van der Waals surface area contributed by atoms with Crippen molar-refractivity contribution in [3.63, 3.8) is 0 Å². The first-order valence-electron chi connectivity index (χ1n) is 6.76. The molecule has 20 heavy (non-hydrogen) atoms. The number of rotatable bonds is 4. The number of fused-ring (bicyclic) bond motifs is 1. The van der Waals surface area contributed by atoms with E-state index in [1.54, 1.807) is 0 Å². The van der Waals surface area contributed by atoms with Gasteiger partial charge < -0.3 is 20.1 Å². The zero-order valence-electron chi connectivity index (χ0n) is 11.5. The summed E-state index contributed by atoms with van der Waals surface area (Å²) in [4.78, 5) is 4.41. The second kappa shape index (κ2) is 6.54. The molecule has 1 aliphatic rings. The number of β-amino-alcohol motifs (C(OH)–C–C–N with tert-alkyl or cyclic N) is 1. The van der Waals surface area contributed by atoms with E-state index in [0.717, 1.165) is 31.0 Å². The molecule has 0 aliphatic carbocycles. The first-order chi connectivity index (χ1) is 9.24. The molecule has 2 aromatic rings. The van der Waals surface area contributed by atoms with Crippen molar-refractivity contribution in [1.29, 1.82) is 0 Å². The van der Waals surface area contributed by atoms with E-state index in [9.17, 15) is 5.11 Å². The standard InChI is InChI=1S/C14H20N4O.ClH/c1-10-2-3-18-12(8-17-14(18)4-10)7-15-5-11-6-16-9-13(11)19;/h2-4,8,11,13,15-16,19H,5-7,9H2,1H3;1H. The number of pyridine rings is 1. The number of imidazole rings is 1. The van der Waals surface area contributed by atoms with Gasteiger partial charge in [0.05, 0.1) is 18.0 Å². The molecule has 2 aromatic heterocycles. The Balaban J connectivity index is 0.00000147. The summed E-state index contributed by atoms with van der Waals surface area (Å²) in [7, 11) is 0. The van der Waals surface area contributed by atoms with Crippen LogP contribution < -0.4 is 10.6 Å². The Morgan fingerprint density at radius 3 is 3.10 bits per heavy atom. The number of aromatic nitrogens is 2. The molecular weight excluding hydrogens is 276 g/mol. The summed E-state index contributed by atoms with van der Waals surface area (Å²) in [5.74, 6) is 0.307. The lowest BCUT2D eigenvalue weighted by atomic mass is 10.1. The largest absolute Gasteiger partial charge is 0.391 e. The molecular formula is C14H21ClN4O. The smallest absolute Gasteiger partial charge is 0.137 e. The van der Waals surface area contributed by atoms with E-state index in [1.165, 1.54) is 5.56 Å². The van der Waals surface area contributed by atoms with Crippen molar-refractivity contribution in [3.8, 4) is 0 Å². The summed E-state index contributed by atoms with van der Waals surface area (Å²) in [6, 6.07) is 4.16. The quantitative estimate of drug-likeness (QED) is 0.779. The van der Waals surface area contributed by atoms with Crippen molar-refractivity contribution in [3.05, 3.63) is 35.8 Å². The molecule has 0 radical (unpaired) electrons. The lowest BCUT2D eigenvalue weighted by Gasteiger charge is -2.13. The minimum Gasteiger partial charge on any atom is -0.391 e. The zero-order valence-corrected chi connectivity index (χ0v) is 12.4. The van der Waals surface area contributed by atoms with E-state index >= 15 is 0 Å². The number of halogens is 1. The second-order valence-electron chi connectivity index (χ2n) is 5.30. The number of aliphatic hydroxyl groups excluding tert-OH is 1. The Labute approximate surface area is 124 Å². The second-order valence-corrected chi connectivity index (χ2v) is 5.30. The molecule has 1 fully saturated rings. The van der Waals surface area contributed by atoms with Crippen LogP contribution in [0.25, 0.3) is 5.65 Å². The third-order valence-electron chi connectivity index (χ3n) is 3.76. The van der Waals surface area contributed by atoms with Gasteiger partial charge >= 0.3 is 0 Å². The number of aliphatic hydroxyl groups is 1. The van der Waals surface area contributed by atoms with Crippen LogP contribution in [0.5, 0.6) is 0 Å². The Kier molecular flexibility index (Phi) is 4.99. The monoisotopic (exact) mass is 296 g/mol. The lowest BCUT2D eigenvalue weighted by Crippen LogP contribution is -2.30. The molecule has 0 bridgehead atoms. The molecule has 1 saturated heterocycles. The van der Waals surface area contributed by atoms with Gasteiger partial charge in [-0.1, -0.05) is 0 Å². The molecule has 110 valence electrons. The van der Waals surface area contributed by atoms with Gasteiger partial charge in [-0.05, 0) is 24.6 Å². The number of nitrogens with one attached hydrogen (secondary N) is 2. The predicted molar refractivity (Wildman–Crippen MR) is 81.3 cm³/mol. The maximum Gasteiger partial charge on any atom is 0.137 e. The molecule has 0 aromatic carbocycles. The SMILES string of the molecule is Cc1ccn2c(CNCC3CNCC3O)cnc2c1.Cl. The molecule has 2 atom stereocenters. The molecule has 0 amide bonds. The fourth-order valence-corrected chi connectivity index (χ4v) is 2.58. The molecule has 6 heteroatoms. The highest BCUT2D eigenvalue weighted by molar-refractivity contribution is 5.85. The third kappa shape index (κ3) is 3.12. The van der Waals surface area contributed by atoms with E-state index in [1.807, 2.05) is 6.20 Å². The fraction of sp³-hybridized carbons (Fsp3) is 0.500. The third-order valence-corrected chi connectivity index (χ3v) is 3.76. The van der Waals surface area contributed by atoms with Gasteiger partial charge in [0.15, 0.2) is 0 Å². The topological polar surface area (TPSA) is 61.6 Å². The van der Waals surface area contributed by atoms with Gasteiger partial charge in [0.1, 0.15) is 5.65 Å². The fourth-order valence-electron chi connectivity index (χ4n) is 2.58. The number of hydrogen-bond acceptors (Lipinski definition) is 4. The number of nitrogens with zero attached hydrogens (tertiary/aromatic N) is 2. The molecule has 3 heterocycles. The van der Waals surface area contributed by atoms with Crippen LogP contribution in [0.4, 0.5) is 0 Å². The van der Waals surface area contributed by atoms with Crippen LogP contribution >= 0.6 is 12.4 Å². The first-order valence-corrected chi connectivity index (χ1v) is 6.76. The van der Waals surface area contributed by atoms with Gasteiger partial charge in [-0.15, -0.1) is 12.4 Å². The van der Waals surface area contributed by atoms with Crippen LogP contribution in [0.2, 0.25) is 0 Å². The summed E-state index contributed by atoms with van der Waals surface area (Å²) < 4.78 is 2.10. The maximum atomic E-state index is 9.73. The van der Waals surface area contributed by atoms with Crippen molar-refractivity contribution in [2.24, 2.45) is 5.92 Å². The van der Waals surface area contributed by atoms with Gasteiger partial charge in [0.25, 0.3) is 0 Å². The van der Waals surface area contributed by atoms with Crippen molar-refractivity contribution in [1.82, 2.24) is 20.0 Å². The van der Waals surface area contributed by atoms with Crippen molar-refractivity contribution in [2.75, 3.05) is 19.6 Å². The lowest BCUT2D eigenvalue weighted by molar-refractivity contribution is 0.146. The van der Waals surface area contributed by atoms with E-state index < -0.39 is 0 Å². The first kappa shape index (κ1) is 15.3. The van der Waals surface area contributed by atoms with Crippen molar-refractivity contribution >= 4 is 18.1 Å². The summed E-state index contributed by atoms with van der Waals surface area (Å²) in [6.45, 7) is 5.27. The van der Waals surface area contributed by atoms with Gasteiger partial charge in [-0.25, -0.2) is 4.98 Å². The van der Waals surface area contributed by atoms with Crippen LogP contribution in [0.1, 0.15) is 11.3 Å². The van der Waals surface area contributed by atoms with Crippen LogP contribution in [0, 0.1) is 12.8 Å². The van der Waals surface area contributed by atoms with Crippen LogP contribution in [0.3, 0.4) is 0 Å². The molecule has 5 nitrogen and oxygen atoms in total. The minimum absolute atomic E-state index is 0. The summed E-state index contributed by atoms with van der Waals surface area (Å²) in [5, 5.41) is 16.3. The highest BCUT2D eigenvalue weighted by Gasteiger charge is 2.24. The number of aryl methyl sites for hydroxylation is 1. The van der Waals surface area contributed by atoms with Gasteiger partial charge in [0, 0.05) is 38.3 Å². The Morgan fingerprint density at radius 2 is 2.35 bits per heavy atom. The van der Waals surface area contributed by atoms with E-state index in [-0.39, 0.29) is 18.5 Å². The van der Waals surface area contributed by atoms with Gasteiger partial charge in [-0.3, -0.25) is 0 Å². The molecule has 3 rings (SSSR count). The zero-order chi connectivity index (χ0) is 13.2. The van der Waals surface area contributed by atoms with Crippen molar-refractivity contribution < 1.29 is 5.11 Å². The molecule has 0 saturated carbocycles. The van der Waals surface area contributed by atoms with Gasteiger partial charge in [0.2, 0.25) is 0 Å². The Hall–Kier alpha value is -1.14. The highest BCUT2D eigenvalue weighted by Crippen LogP contribution is 2.10. The average molecular weight is 297 g/mol. The van der Waals surface area contributed by atoms with E-state index in [2.05, 4.69) is 45.3 Å². The van der Waals surface area contributed by atoms with E-state index in [4.69, 9.17) is 0 Å². The molecule has 0 spiro atoms. The van der Waals surface area contributed by atoms with Gasteiger partial charge in [-0.2, -0.15) is 0 Å². The highest BCUT2D eigenvalue weighted by atomic mass is 35.5. The van der Waals surface area contributed by atoms with Crippen LogP contribution in [-0.4, -0.2) is 40.2 Å². The predicted octanol–water partition coefficient (Wildman–Crippen LogP) is 0.734. The normalized spacial score (nSPS) is 22.1. The molecule has 3 N–H and O–H groups in total. The minimum atomic E-state index is -0.225. The average Bonchev–Trinajstić information content (AvgIpc) is 2.97. The summed E-state index contributed by atoms with van der Waals surface area (Å²) in [5.41, 5.74) is 3.35. The van der Waals surface area contributed by atoms with Crippen LogP contribution in [0.15, 0.2) is 24.5 Å². The maximum absolute atomic E-state index is 9.73. The van der Waals surface area contributed by atoms with Crippen LogP contribution in [-0.2, 0) is 6.54 Å². The summed E-state index contributed by atoms with van der Waals surface area (Å²) in [6.07, 6.45) is 3.74.